The maximum atomic E-state index is 11.5. The van der Waals surface area contributed by atoms with E-state index < -0.39 is 10.0 Å². The second kappa shape index (κ2) is 5.17. The lowest BCUT2D eigenvalue weighted by Gasteiger charge is -2.06. The molecule has 1 N–H and O–H groups in total. The molecule has 0 spiro atoms. The van der Waals surface area contributed by atoms with Gasteiger partial charge in [-0.2, -0.15) is 0 Å². The van der Waals surface area contributed by atoms with Gasteiger partial charge < -0.3 is 0 Å². The van der Waals surface area contributed by atoms with Gasteiger partial charge in [-0.05, 0) is 25.1 Å². The van der Waals surface area contributed by atoms with Crippen LogP contribution in [-0.4, -0.2) is 28.5 Å². The van der Waals surface area contributed by atoms with E-state index in [1.54, 1.807) is 25.3 Å². The highest BCUT2D eigenvalue weighted by molar-refractivity contribution is 7.92. The molecule has 0 saturated heterocycles. The summed E-state index contributed by atoms with van der Waals surface area (Å²) in [5.41, 5.74) is 2.24. The third kappa shape index (κ3) is 2.87. The topological polar surface area (TPSA) is 76.4 Å². The van der Waals surface area contributed by atoms with Crippen molar-refractivity contribution in [3.63, 3.8) is 0 Å². The molecule has 0 aliphatic rings. The van der Waals surface area contributed by atoms with Crippen molar-refractivity contribution in [1.82, 2.24) is 14.4 Å². The van der Waals surface area contributed by atoms with Gasteiger partial charge in [0.25, 0.3) is 0 Å². The van der Waals surface area contributed by atoms with Crippen molar-refractivity contribution < 1.29 is 8.42 Å². The van der Waals surface area contributed by atoms with Crippen molar-refractivity contribution in [2.45, 2.75) is 6.92 Å². The van der Waals surface area contributed by atoms with Gasteiger partial charge >= 0.3 is 0 Å². The van der Waals surface area contributed by atoms with Crippen LogP contribution in [0.5, 0.6) is 0 Å². The molecule has 0 unspecified atom stereocenters. The Bertz CT molecular complexity index is 836. The molecular formula is C14H14N4O2S. The molecule has 21 heavy (non-hydrogen) atoms. The standard InChI is InChI=1S/C14H14N4O2S/c1-2-21(19,20)17-12-6-4-11(5-7-12)13-10-18-9-3-8-15-14(18)16-13/h3-10,17H,2H2,1H3. The highest BCUT2D eigenvalue weighted by Crippen LogP contribution is 2.21. The summed E-state index contributed by atoms with van der Waals surface area (Å²) in [7, 11) is -3.25. The average Bonchev–Trinajstić information content (AvgIpc) is 2.91. The van der Waals surface area contributed by atoms with Gasteiger partial charge in [0, 0.05) is 29.8 Å². The van der Waals surface area contributed by atoms with Crippen LogP contribution in [0.3, 0.4) is 0 Å². The zero-order valence-electron chi connectivity index (χ0n) is 11.4. The first kappa shape index (κ1) is 13.6. The number of benzene rings is 1. The average molecular weight is 302 g/mol. The molecule has 0 saturated carbocycles. The largest absolute Gasteiger partial charge is 0.291 e. The molecule has 0 fully saturated rings. The highest BCUT2D eigenvalue weighted by atomic mass is 32.2. The predicted octanol–water partition coefficient (Wildman–Crippen LogP) is 2.16. The molecule has 6 nitrogen and oxygen atoms in total. The maximum Gasteiger partial charge on any atom is 0.234 e. The number of nitrogens with zero attached hydrogens (tertiary/aromatic N) is 3. The Hall–Kier alpha value is -2.41. The van der Waals surface area contributed by atoms with Crippen molar-refractivity contribution in [3.8, 4) is 11.3 Å². The minimum absolute atomic E-state index is 0.0485. The van der Waals surface area contributed by atoms with Crippen LogP contribution >= 0.6 is 0 Å². The summed E-state index contributed by atoms with van der Waals surface area (Å²) in [4.78, 5) is 8.58. The molecule has 0 aliphatic heterocycles. The van der Waals surface area contributed by atoms with Crippen molar-refractivity contribution in [2.75, 3.05) is 10.5 Å². The number of imidazole rings is 1. The van der Waals surface area contributed by atoms with E-state index >= 15 is 0 Å². The quantitative estimate of drug-likeness (QED) is 0.801. The van der Waals surface area contributed by atoms with Crippen LogP contribution in [0.25, 0.3) is 17.0 Å². The SMILES string of the molecule is CCS(=O)(=O)Nc1ccc(-c2cn3cccnc3n2)cc1. The highest BCUT2D eigenvalue weighted by Gasteiger charge is 2.08. The van der Waals surface area contributed by atoms with Gasteiger partial charge in [0.05, 0.1) is 11.4 Å². The Morgan fingerprint density at radius 2 is 2.00 bits per heavy atom. The maximum absolute atomic E-state index is 11.5. The molecule has 2 aromatic heterocycles. The third-order valence-electron chi connectivity index (χ3n) is 3.07. The summed E-state index contributed by atoms with van der Waals surface area (Å²) in [5, 5.41) is 0. The van der Waals surface area contributed by atoms with E-state index in [0.29, 0.717) is 11.5 Å². The molecule has 108 valence electrons. The van der Waals surface area contributed by atoms with E-state index in [4.69, 9.17) is 0 Å². The lowest BCUT2D eigenvalue weighted by Crippen LogP contribution is -2.14. The van der Waals surface area contributed by atoms with E-state index in [1.807, 2.05) is 35.0 Å². The Labute approximate surface area is 122 Å². The van der Waals surface area contributed by atoms with Gasteiger partial charge in [0.15, 0.2) is 0 Å². The van der Waals surface area contributed by atoms with E-state index in [1.165, 1.54) is 0 Å². The number of hydrogen-bond donors (Lipinski definition) is 1. The summed E-state index contributed by atoms with van der Waals surface area (Å²) in [5.74, 6) is 0.676. The molecule has 0 bridgehead atoms. The fourth-order valence-electron chi connectivity index (χ4n) is 1.93. The second-order valence-corrected chi connectivity index (χ2v) is 6.55. The van der Waals surface area contributed by atoms with E-state index in [2.05, 4.69) is 14.7 Å². The summed E-state index contributed by atoms with van der Waals surface area (Å²) in [6.45, 7) is 1.60. The van der Waals surface area contributed by atoms with E-state index in [9.17, 15) is 8.42 Å². The molecule has 0 aliphatic carbocycles. The summed E-state index contributed by atoms with van der Waals surface area (Å²) < 4.78 is 27.4. The first-order chi connectivity index (χ1) is 10.1. The van der Waals surface area contributed by atoms with Crippen LogP contribution in [0.2, 0.25) is 0 Å². The van der Waals surface area contributed by atoms with Gasteiger partial charge in [-0.15, -0.1) is 0 Å². The lowest BCUT2D eigenvalue weighted by atomic mass is 10.1. The fourth-order valence-corrected chi connectivity index (χ4v) is 2.57. The van der Waals surface area contributed by atoms with Gasteiger partial charge in [-0.1, -0.05) is 12.1 Å². The Morgan fingerprint density at radius 3 is 2.67 bits per heavy atom. The van der Waals surface area contributed by atoms with Crippen molar-refractivity contribution in [1.29, 1.82) is 0 Å². The molecule has 0 radical (unpaired) electrons. The van der Waals surface area contributed by atoms with Crippen LogP contribution in [0.4, 0.5) is 5.69 Å². The normalized spacial score (nSPS) is 11.7. The molecule has 3 rings (SSSR count). The van der Waals surface area contributed by atoms with Gasteiger partial charge in [-0.3, -0.25) is 9.12 Å². The molecular weight excluding hydrogens is 288 g/mol. The van der Waals surface area contributed by atoms with Crippen LogP contribution in [-0.2, 0) is 10.0 Å². The zero-order chi connectivity index (χ0) is 14.9. The van der Waals surface area contributed by atoms with E-state index in [-0.39, 0.29) is 5.75 Å². The number of hydrogen-bond acceptors (Lipinski definition) is 4. The number of anilines is 1. The number of fused-ring (bicyclic) bond motifs is 1. The van der Waals surface area contributed by atoms with Gasteiger partial charge in [-0.25, -0.2) is 18.4 Å². The first-order valence-electron chi connectivity index (χ1n) is 6.48. The summed E-state index contributed by atoms with van der Waals surface area (Å²) in [6.07, 6.45) is 5.45. The summed E-state index contributed by atoms with van der Waals surface area (Å²) >= 11 is 0. The molecule has 1 aromatic carbocycles. The molecule has 2 heterocycles. The Balaban J connectivity index is 1.90. The number of aromatic nitrogens is 3. The van der Waals surface area contributed by atoms with Crippen LogP contribution in [0.1, 0.15) is 6.92 Å². The lowest BCUT2D eigenvalue weighted by molar-refractivity contribution is 0.602. The van der Waals surface area contributed by atoms with E-state index in [0.717, 1.165) is 11.3 Å². The second-order valence-electron chi connectivity index (χ2n) is 4.54. The minimum Gasteiger partial charge on any atom is -0.291 e. The molecule has 7 heteroatoms. The smallest absolute Gasteiger partial charge is 0.234 e. The number of sulfonamides is 1. The van der Waals surface area contributed by atoms with Gasteiger partial charge in [0.2, 0.25) is 15.8 Å². The zero-order valence-corrected chi connectivity index (χ0v) is 12.2. The monoisotopic (exact) mass is 302 g/mol. The first-order valence-corrected chi connectivity index (χ1v) is 8.13. The number of rotatable bonds is 4. The molecule has 3 aromatic rings. The van der Waals surface area contributed by atoms with Crippen molar-refractivity contribution >= 4 is 21.5 Å². The van der Waals surface area contributed by atoms with Crippen molar-refractivity contribution in [2.24, 2.45) is 0 Å². The fraction of sp³-hybridized carbons (Fsp3) is 0.143. The Kier molecular flexibility index (Phi) is 3.34. The third-order valence-corrected chi connectivity index (χ3v) is 4.38. The van der Waals surface area contributed by atoms with Crippen LogP contribution < -0.4 is 4.72 Å². The molecule has 0 amide bonds. The predicted molar refractivity (Wildman–Crippen MR) is 81.5 cm³/mol. The Morgan fingerprint density at radius 1 is 1.24 bits per heavy atom. The van der Waals surface area contributed by atoms with Crippen molar-refractivity contribution in [3.05, 3.63) is 48.9 Å². The van der Waals surface area contributed by atoms with Gasteiger partial charge in [0.1, 0.15) is 0 Å². The minimum atomic E-state index is -3.25. The molecule has 0 atom stereocenters. The van der Waals surface area contributed by atoms with Crippen LogP contribution in [0.15, 0.2) is 48.9 Å². The van der Waals surface area contributed by atoms with Crippen LogP contribution in [0, 0.1) is 0 Å². The summed E-state index contributed by atoms with van der Waals surface area (Å²) in [6, 6.07) is 8.94. The number of nitrogens with one attached hydrogen (secondary N) is 1.